The highest BCUT2D eigenvalue weighted by molar-refractivity contribution is 5.71. The van der Waals surface area contributed by atoms with Gasteiger partial charge in [0.05, 0.1) is 0 Å². The molecule has 0 bridgehead atoms. The molecule has 0 heterocycles. The number of rotatable bonds is 0. The lowest BCUT2D eigenvalue weighted by Gasteiger charge is -2.02. The third-order valence-corrected chi connectivity index (χ3v) is 0.265. The van der Waals surface area contributed by atoms with Gasteiger partial charge in [0, 0.05) is 0 Å². The van der Waals surface area contributed by atoms with Gasteiger partial charge in [-0.3, -0.25) is 0 Å². The van der Waals surface area contributed by atoms with Crippen LogP contribution in [-0.2, 0) is 0 Å². The number of carbonyl (C=O) groups is 1. The molecule has 0 fully saturated rings. The van der Waals surface area contributed by atoms with Crippen LogP contribution in [0.4, 0.5) is 18.0 Å². The number of hydrogen-bond donors (Lipinski definition) is 2. The lowest BCUT2D eigenvalue weighted by Crippen LogP contribution is -2.40. The Hall–Kier alpha value is -0.940. The molecule has 0 radical (unpaired) electrons. The van der Waals surface area contributed by atoms with Crippen LogP contribution in [0.15, 0.2) is 0 Å². The van der Waals surface area contributed by atoms with Gasteiger partial charge in [-0.2, -0.15) is 13.2 Å². The van der Waals surface area contributed by atoms with Crippen LogP contribution in [0.25, 0.3) is 0 Å². The number of nitrogens with two attached hydrogens (primary N) is 1. The van der Waals surface area contributed by atoms with Crippen molar-refractivity contribution >= 4 is 6.03 Å². The van der Waals surface area contributed by atoms with Crippen LogP contribution in [0.5, 0.6) is 0 Å². The van der Waals surface area contributed by atoms with Gasteiger partial charge in [0.1, 0.15) is 0 Å². The number of hydrogen-bond acceptors (Lipinski definition) is 1. The van der Waals surface area contributed by atoms with E-state index in [0.29, 0.717) is 5.32 Å². The Morgan fingerprint density at radius 1 is 1.50 bits per heavy atom. The van der Waals surface area contributed by atoms with Gasteiger partial charge in [-0.05, 0) is 0 Å². The van der Waals surface area contributed by atoms with Gasteiger partial charge in [-0.25, -0.2) is 10.1 Å². The van der Waals surface area contributed by atoms with Crippen LogP contribution in [-0.4, -0.2) is 12.3 Å². The molecule has 0 atom stereocenters. The van der Waals surface area contributed by atoms with Crippen LogP contribution < -0.4 is 11.1 Å². The minimum atomic E-state index is -4.70. The summed E-state index contributed by atoms with van der Waals surface area (Å²) in [6.45, 7) is 0. The summed E-state index contributed by atoms with van der Waals surface area (Å²) in [7, 11) is 0. The summed E-state index contributed by atoms with van der Waals surface area (Å²) in [4.78, 5) is 9.41. The molecule has 0 aliphatic rings. The van der Waals surface area contributed by atoms with Crippen molar-refractivity contribution in [2.45, 2.75) is 6.30 Å². The van der Waals surface area contributed by atoms with Gasteiger partial charge >= 0.3 is 12.3 Å². The molecule has 6 heteroatoms. The van der Waals surface area contributed by atoms with Crippen LogP contribution in [0.2, 0.25) is 0 Å². The molecular weight excluding hydrogens is 125 g/mol. The third kappa shape index (κ3) is 5.06. The molecule has 8 heavy (non-hydrogen) atoms. The topological polar surface area (TPSA) is 55.1 Å². The Kier molecular flexibility index (Phi) is 1.67. The maximum Gasteiger partial charge on any atom is 0.485 e. The Balaban J connectivity index is 3.55. The molecule has 0 aromatic rings. The largest absolute Gasteiger partial charge is 0.485 e. The molecule has 48 valence electrons. The smallest absolute Gasteiger partial charge is 0.351 e. The predicted octanol–water partition coefficient (Wildman–Crippen LogP) is 0.175. The number of alkyl halides is 3. The number of primary amides is 1. The number of urea groups is 1. The Morgan fingerprint density at radius 3 is 1.88 bits per heavy atom. The van der Waals surface area contributed by atoms with Crippen molar-refractivity contribution < 1.29 is 18.0 Å². The molecule has 0 rings (SSSR count). The first-order valence-electron chi connectivity index (χ1n) is 1.56. The Morgan fingerprint density at radius 2 is 1.88 bits per heavy atom. The summed E-state index contributed by atoms with van der Waals surface area (Å²) in [6.07, 6.45) is -4.70. The highest BCUT2D eigenvalue weighted by Crippen LogP contribution is 2.07. The van der Waals surface area contributed by atoms with Gasteiger partial charge in [0.15, 0.2) is 0 Å². The van der Waals surface area contributed by atoms with E-state index >= 15 is 0 Å². The normalized spacial score (nSPS) is 10.9. The summed E-state index contributed by atoms with van der Waals surface area (Å²) < 4.78 is 32.7. The molecule has 3 N–H and O–H groups in total. The van der Waals surface area contributed by atoms with Crippen molar-refractivity contribution in [3.05, 3.63) is 0 Å². The van der Waals surface area contributed by atoms with Crippen molar-refractivity contribution in [3.8, 4) is 0 Å². The van der Waals surface area contributed by atoms with Crippen molar-refractivity contribution in [1.29, 1.82) is 0 Å². The van der Waals surface area contributed by atoms with E-state index < -0.39 is 12.3 Å². The molecule has 0 spiro atoms. The van der Waals surface area contributed by atoms with Crippen LogP contribution >= 0.6 is 0 Å². The van der Waals surface area contributed by atoms with E-state index in [9.17, 15) is 18.0 Å². The van der Waals surface area contributed by atoms with Crippen molar-refractivity contribution in [1.82, 2.24) is 5.32 Å². The number of halogens is 3. The minimum absolute atomic E-state index is 0.521. The number of amides is 2. The monoisotopic (exact) mass is 128 g/mol. The highest BCUT2D eigenvalue weighted by atomic mass is 19.4. The molecule has 0 aromatic heterocycles. The molecule has 3 nitrogen and oxygen atoms in total. The average molecular weight is 128 g/mol. The van der Waals surface area contributed by atoms with E-state index in [2.05, 4.69) is 5.73 Å². The lowest BCUT2D eigenvalue weighted by molar-refractivity contribution is -0.144. The summed E-state index contributed by atoms with van der Waals surface area (Å²) in [5.74, 6) is 0. The van der Waals surface area contributed by atoms with E-state index in [1.807, 2.05) is 0 Å². The van der Waals surface area contributed by atoms with Gasteiger partial charge in [0.2, 0.25) is 0 Å². The summed E-state index contributed by atoms with van der Waals surface area (Å²) in [6, 6.07) is -1.60. The van der Waals surface area contributed by atoms with Crippen molar-refractivity contribution in [3.63, 3.8) is 0 Å². The SMILES string of the molecule is NC(=O)NC(F)(F)F. The molecule has 2 amide bonds. The quantitative estimate of drug-likeness (QED) is 0.449. The molecule has 0 unspecified atom stereocenters. The summed E-state index contributed by atoms with van der Waals surface area (Å²) in [5.41, 5.74) is 4.11. The second-order valence-corrected chi connectivity index (χ2v) is 0.987. The van der Waals surface area contributed by atoms with E-state index in [4.69, 9.17) is 0 Å². The molecule has 0 aliphatic heterocycles. The Labute approximate surface area is 42.7 Å². The first-order valence-corrected chi connectivity index (χ1v) is 1.56. The first-order chi connectivity index (χ1) is 3.42. The predicted molar refractivity (Wildman–Crippen MR) is 18.8 cm³/mol. The van der Waals surface area contributed by atoms with Gasteiger partial charge in [-0.15, -0.1) is 0 Å². The Bertz CT molecular complexity index is 97.9. The lowest BCUT2D eigenvalue weighted by atomic mass is 11.0. The van der Waals surface area contributed by atoms with Gasteiger partial charge < -0.3 is 5.73 Å². The van der Waals surface area contributed by atoms with E-state index in [1.165, 1.54) is 0 Å². The summed E-state index contributed by atoms with van der Waals surface area (Å²) in [5, 5.41) is 0.521. The number of carbonyl (C=O) groups excluding carboxylic acids is 1. The van der Waals surface area contributed by atoms with Gasteiger partial charge in [0.25, 0.3) is 0 Å². The second-order valence-electron chi connectivity index (χ2n) is 0.987. The third-order valence-electron chi connectivity index (χ3n) is 0.265. The maximum absolute atomic E-state index is 10.9. The molecule has 0 saturated carbocycles. The zero-order valence-electron chi connectivity index (χ0n) is 3.62. The van der Waals surface area contributed by atoms with Gasteiger partial charge in [-0.1, -0.05) is 0 Å². The first kappa shape index (κ1) is 7.06. The molecule has 0 aromatic carbocycles. The molecule has 0 aliphatic carbocycles. The van der Waals surface area contributed by atoms with E-state index in [-0.39, 0.29) is 0 Å². The van der Waals surface area contributed by atoms with Crippen molar-refractivity contribution in [2.24, 2.45) is 5.73 Å². The van der Waals surface area contributed by atoms with E-state index in [0.717, 1.165) is 0 Å². The minimum Gasteiger partial charge on any atom is -0.351 e. The fraction of sp³-hybridized carbons (Fsp3) is 0.500. The average Bonchev–Trinajstić information content (AvgIpc) is 1.21. The maximum atomic E-state index is 10.9. The van der Waals surface area contributed by atoms with Crippen LogP contribution in [0.1, 0.15) is 0 Å². The number of nitrogens with one attached hydrogen (secondary N) is 1. The zero-order valence-corrected chi connectivity index (χ0v) is 3.62. The fourth-order valence-electron chi connectivity index (χ4n) is 0.140. The summed E-state index contributed by atoms with van der Waals surface area (Å²) >= 11 is 0. The second kappa shape index (κ2) is 1.89. The van der Waals surface area contributed by atoms with Crippen LogP contribution in [0.3, 0.4) is 0 Å². The van der Waals surface area contributed by atoms with E-state index in [1.54, 1.807) is 0 Å². The van der Waals surface area contributed by atoms with Crippen LogP contribution in [0, 0.1) is 0 Å². The zero-order chi connectivity index (χ0) is 6.78. The fourth-order valence-corrected chi connectivity index (χ4v) is 0.140. The van der Waals surface area contributed by atoms with Crippen molar-refractivity contribution in [2.75, 3.05) is 0 Å². The standard InChI is InChI=1S/C2H3F3N2O/c3-2(4,5)7-1(6)8/h(H3,6,7,8). The molecule has 0 saturated heterocycles. The molecular formula is C2H3F3N2O. The highest BCUT2D eigenvalue weighted by Gasteiger charge is 2.28.